The fourth-order valence-electron chi connectivity index (χ4n) is 2.22. The van der Waals surface area contributed by atoms with Gasteiger partial charge >= 0.3 is 0 Å². The van der Waals surface area contributed by atoms with E-state index in [2.05, 4.69) is 5.32 Å². The summed E-state index contributed by atoms with van der Waals surface area (Å²) in [5.41, 5.74) is 1.29. The van der Waals surface area contributed by atoms with Crippen molar-refractivity contribution in [1.82, 2.24) is 5.32 Å². The van der Waals surface area contributed by atoms with Gasteiger partial charge in [-0.3, -0.25) is 0 Å². The number of halogens is 2. The maximum atomic E-state index is 13.5. The van der Waals surface area contributed by atoms with Gasteiger partial charge in [-0.15, -0.1) is 0 Å². The summed E-state index contributed by atoms with van der Waals surface area (Å²) in [6.07, 6.45) is 1.03. The third kappa shape index (κ3) is 3.38. The van der Waals surface area contributed by atoms with Crippen molar-refractivity contribution in [3.8, 4) is 0 Å². The Labute approximate surface area is 112 Å². The summed E-state index contributed by atoms with van der Waals surface area (Å²) in [6.45, 7) is 0. The van der Waals surface area contributed by atoms with E-state index in [1.165, 1.54) is 18.2 Å². The second kappa shape index (κ2) is 6.43. The monoisotopic (exact) mass is 261 g/mol. The molecule has 1 N–H and O–H groups in total. The molecule has 0 radical (unpaired) electrons. The summed E-state index contributed by atoms with van der Waals surface area (Å²) in [5, 5.41) is 3.18. The van der Waals surface area contributed by atoms with Crippen LogP contribution in [-0.2, 0) is 6.42 Å². The SMILES string of the molecule is CNC(CCc1c(F)cccc1F)c1ccccc1. The van der Waals surface area contributed by atoms with Crippen molar-refractivity contribution in [2.24, 2.45) is 0 Å². The first-order valence-corrected chi connectivity index (χ1v) is 6.37. The topological polar surface area (TPSA) is 12.0 Å². The maximum absolute atomic E-state index is 13.5. The quantitative estimate of drug-likeness (QED) is 0.861. The van der Waals surface area contributed by atoms with Gasteiger partial charge in [0.25, 0.3) is 0 Å². The number of rotatable bonds is 5. The van der Waals surface area contributed by atoms with Gasteiger partial charge in [-0.25, -0.2) is 8.78 Å². The number of benzene rings is 2. The molecular weight excluding hydrogens is 244 g/mol. The van der Waals surface area contributed by atoms with Crippen molar-refractivity contribution < 1.29 is 8.78 Å². The Morgan fingerprint density at radius 1 is 0.947 bits per heavy atom. The van der Waals surface area contributed by atoms with Crippen LogP contribution in [0.1, 0.15) is 23.6 Å². The zero-order chi connectivity index (χ0) is 13.7. The van der Waals surface area contributed by atoms with E-state index in [-0.39, 0.29) is 11.6 Å². The van der Waals surface area contributed by atoms with Gasteiger partial charge in [0.2, 0.25) is 0 Å². The molecule has 0 heterocycles. The summed E-state index contributed by atoms with van der Waals surface area (Å²) >= 11 is 0. The molecule has 0 bridgehead atoms. The van der Waals surface area contributed by atoms with Crippen LogP contribution < -0.4 is 5.32 Å². The Bertz CT molecular complexity index is 505. The minimum absolute atomic E-state index is 0.0974. The van der Waals surface area contributed by atoms with Crippen LogP contribution in [0.4, 0.5) is 8.78 Å². The van der Waals surface area contributed by atoms with Crippen LogP contribution in [-0.4, -0.2) is 7.05 Å². The lowest BCUT2D eigenvalue weighted by Gasteiger charge is -2.17. The Balaban J connectivity index is 2.09. The van der Waals surface area contributed by atoms with Crippen LogP contribution in [0.15, 0.2) is 48.5 Å². The lowest BCUT2D eigenvalue weighted by Crippen LogP contribution is -2.17. The summed E-state index contributed by atoms with van der Waals surface area (Å²) in [6, 6.07) is 14.0. The average Bonchev–Trinajstić information content (AvgIpc) is 2.43. The van der Waals surface area contributed by atoms with E-state index < -0.39 is 11.6 Å². The van der Waals surface area contributed by atoms with Gasteiger partial charge < -0.3 is 5.32 Å². The molecule has 0 spiro atoms. The highest BCUT2D eigenvalue weighted by Gasteiger charge is 2.13. The van der Waals surface area contributed by atoms with Crippen molar-refractivity contribution in [3.05, 3.63) is 71.3 Å². The van der Waals surface area contributed by atoms with E-state index in [0.717, 1.165) is 5.56 Å². The standard InChI is InChI=1S/C16H17F2N/c1-19-16(12-6-3-2-4-7-12)11-10-13-14(17)8-5-9-15(13)18/h2-9,16,19H,10-11H2,1H3. The van der Waals surface area contributed by atoms with E-state index >= 15 is 0 Å². The molecule has 2 rings (SSSR count). The summed E-state index contributed by atoms with van der Waals surface area (Å²) in [5.74, 6) is -0.939. The van der Waals surface area contributed by atoms with Crippen LogP contribution in [0.25, 0.3) is 0 Å². The first-order chi connectivity index (χ1) is 9.22. The van der Waals surface area contributed by atoms with E-state index in [1.807, 2.05) is 37.4 Å². The van der Waals surface area contributed by atoms with Gasteiger partial charge in [0.1, 0.15) is 11.6 Å². The van der Waals surface area contributed by atoms with Crippen LogP contribution in [0, 0.1) is 11.6 Å². The molecule has 0 aliphatic heterocycles. The van der Waals surface area contributed by atoms with Crippen molar-refractivity contribution >= 4 is 0 Å². The van der Waals surface area contributed by atoms with Gasteiger partial charge in [-0.1, -0.05) is 36.4 Å². The van der Waals surface area contributed by atoms with Gasteiger partial charge in [0.05, 0.1) is 0 Å². The smallest absolute Gasteiger partial charge is 0.129 e. The molecule has 0 aliphatic carbocycles. The van der Waals surface area contributed by atoms with E-state index in [4.69, 9.17) is 0 Å². The van der Waals surface area contributed by atoms with Crippen molar-refractivity contribution in [2.45, 2.75) is 18.9 Å². The molecule has 19 heavy (non-hydrogen) atoms. The normalized spacial score (nSPS) is 12.4. The molecule has 0 fully saturated rings. The molecule has 1 unspecified atom stereocenters. The van der Waals surface area contributed by atoms with Crippen LogP contribution >= 0.6 is 0 Å². The van der Waals surface area contributed by atoms with E-state index in [9.17, 15) is 8.78 Å². The number of hydrogen-bond donors (Lipinski definition) is 1. The minimum atomic E-state index is -0.470. The highest BCUT2D eigenvalue weighted by Crippen LogP contribution is 2.21. The third-order valence-corrected chi connectivity index (χ3v) is 3.30. The average molecular weight is 261 g/mol. The number of nitrogens with one attached hydrogen (secondary N) is 1. The van der Waals surface area contributed by atoms with E-state index in [1.54, 1.807) is 0 Å². The van der Waals surface area contributed by atoms with Crippen molar-refractivity contribution in [1.29, 1.82) is 0 Å². The van der Waals surface area contributed by atoms with Gasteiger partial charge in [0, 0.05) is 11.6 Å². The molecular formula is C16H17F2N. The zero-order valence-corrected chi connectivity index (χ0v) is 10.9. The molecule has 0 aromatic heterocycles. The minimum Gasteiger partial charge on any atom is -0.313 e. The maximum Gasteiger partial charge on any atom is 0.129 e. The predicted octanol–water partition coefficient (Wildman–Crippen LogP) is 3.86. The predicted molar refractivity (Wildman–Crippen MR) is 72.9 cm³/mol. The highest BCUT2D eigenvalue weighted by atomic mass is 19.1. The molecule has 0 saturated carbocycles. The van der Waals surface area contributed by atoms with Gasteiger partial charge in [0.15, 0.2) is 0 Å². The molecule has 1 atom stereocenters. The summed E-state index contributed by atoms with van der Waals surface area (Å²) < 4.78 is 27.1. The lowest BCUT2D eigenvalue weighted by molar-refractivity contribution is 0.510. The van der Waals surface area contributed by atoms with E-state index in [0.29, 0.717) is 12.8 Å². The molecule has 0 saturated heterocycles. The molecule has 0 amide bonds. The molecule has 1 nitrogen and oxygen atoms in total. The van der Waals surface area contributed by atoms with Crippen LogP contribution in [0.3, 0.4) is 0 Å². The Morgan fingerprint density at radius 3 is 2.16 bits per heavy atom. The van der Waals surface area contributed by atoms with Gasteiger partial charge in [-0.2, -0.15) is 0 Å². The van der Waals surface area contributed by atoms with Gasteiger partial charge in [-0.05, 0) is 37.6 Å². The fourth-order valence-corrected chi connectivity index (χ4v) is 2.22. The zero-order valence-electron chi connectivity index (χ0n) is 10.9. The van der Waals surface area contributed by atoms with Crippen LogP contribution in [0.5, 0.6) is 0 Å². The van der Waals surface area contributed by atoms with Crippen LogP contribution in [0.2, 0.25) is 0 Å². The Morgan fingerprint density at radius 2 is 1.58 bits per heavy atom. The van der Waals surface area contributed by atoms with Crippen molar-refractivity contribution in [3.63, 3.8) is 0 Å². The number of hydrogen-bond acceptors (Lipinski definition) is 1. The lowest BCUT2D eigenvalue weighted by atomic mass is 9.98. The molecule has 0 aliphatic rings. The highest BCUT2D eigenvalue weighted by molar-refractivity contribution is 5.22. The fraction of sp³-hybridized carbons (Fsp3) is 0.250. The second-order valence-corrected chi connectivity index (χ2v) is 4.49. The summed E-state index contributed by atoms with van der Waals surface area (Å²) in [4.78, 5) is 0. The Hall–Kier alpha value is -1.74. The second-order valence-electron chi connectivity index (χ2n) is 4.49. The first kappa shape index (κ1) is 13.7. The third-order valence-electron chi connectivity index (χ3n) is 3.30. The molecule has 2 aromatic carbocycles. The molecule has 100 valence electrons. The van der Waals surface area contributed by atoms with Crippen molar-refractivity contribution in [2.75, 3.05) is 7.05 Å². The molecule has 2 aromatic rings. The first-order valence-electron chi connectivity index (χ1n) is 6.37. The molecule has 3 heteroatoms. The largest absolute Gasteiger partial charge is 0.313 e. The summed E-state index contributed by atoms with van der Waals surface area (Å²) in [7, 11) is 1.86. The Kier molecular flexibility index (Phi) is 4.63.